The highest BCUT2D eigenvalue weighted by Gasteiger charge is 2.68. The van der Waals surface area contributed by atoms with Crippen molar-refractivity contribution in [3.63, 3.8) is 0 Å². The van der Waals surface area contributed by atoms with E-state index in [0.717, 1.165) is 38.8 Å². The second kappa shape index (κ2) is 8.02. The molecule has 0 spiro atoms. The molecule has 0 aromatic rings. The molecule has 0 aromatic carbocycles. The van der Waals surface area contributed by atoms with Crippen LogP contribution in [0.15, 0.2) is 0 Å². The van der Waals surface area contributed by atoms with E-state index in [1.54, 1.807) is 0 Å². The summed E-state index contributed by atoms with van der Waals surface area (Å²) < 4.78 is 6.12. The maximum atomic E-state index is 13.4. The van der Waals surface area contributed by atoms with Crippen molar-refractivity contribution in [1.29, 1.82) is 0 Å². The zero-order valence-electron chi connectivity index (χ0n) is 21.4. The van der Waals surface area contributed by atoms with Crippen molar-refractivity contribution in [1.82, 2.24) is 10.2 Å². The Labute approximate surface area is 203 Å². The predicted molar refractivity (Wildman–Crippen MR) is 127 cm³/mol. The number of imide groups is 1. The zero-order chi connectivity index (χ0) is 24.6. The van der Waals surface area contributed by atoms with Gasteiger partial charge in [0.2, 0.25) is 5.91 Å². The van der Waals surface area contributed by atoms with Gasteiger partial charge in [0, 0.05) is 30.8 Å². The Morgan fingerprint density at radius 2 is 1.85 bits per heavy atom. The normalized spacial score (nSPS) is 49.2. The Hall–Kier alpha value is -1.47. The lowest BCUT2D eigenvalue weighted by Gasteiger charge is -2.61. The third-order valence-corrected chi connectivity index (χ3v) is 11.2. The molecule has 3 aliphatic carbocycles. The Balaban J connectivity index is 1.43. The third kappa shape index (κ3) is 3.40. The number of amides is 2. The average Bonchev–Trinajstić information content (AvgIpc) is 3.49. The van der Waals surface area contributed by atoms with E-state index in [9.17, 15) is 19.5 Å². The van der Waals surface area contributed by atoms with Crippen LogP contribution in [0.1, 0.15) is 73.1 Å². The van der Waals surface area contributed by atoms with Gasteiger partial charge < -0.3 is 14.7 Å². The van der Waals surface area contributed by atoms with Crippen LogP contribution in [0.25, 0.3) is 0 Å². The number of fused-ring (bicyclic) bond motifs is 2. The zero-order valence-corrected chi connectivity index (χ0v) is 21.4. The van der Waals surface area contributed by atoms with E-state index in [4.69, 9.17) is 4.74 Å². The van der Waals surface area contributed by atoms with Gasteiger partial charge in [-0.2, -0.15) is 0 Å². The lowest BCUT2D eigenvalue weighted by atomic mass is 9.44. The Bertz CT molecular complexity index is 888. The van der Waals surface area contributed by atoms with Crippen LogP contribution in [0.4, 0.5) is 4.79 Å². The maximum absolute atomic E-state index is 13.4. The fourth-order valence-electron chi connectivity index (χ4n) is 8.91. The molecule has 10 atom stereocenters. The molecule has 4 bridgehead atoms. The summed E-state index contributed by atoms with van der Waals surface area (Å²) in [5, 5.41) is 14.0. The first kappa shape index (κ1) is 24.2. The van der Waals surface area contributed by atoms with Crippen LogP contribution in [-0.2, 0) is 14.3 Å². The summed E-state index contributed by atoms with van der Waals surface area (Å²) in [6, 6.07) is 0. The molecule has 0 aromatic heterocycles. The molecule has 7 nitrogen and oxygen atoms in total. The molecule has 190 valence electrons. The summed E-state index contributed by atoms with van der Waals surface area (Å²) in [6.07, 6.45) is 2.79. The summed E-state index contributed by atoms with van der Waals surface area (Å²) >= 11 is 0. The molecule has 2 saturated heterocycles. The predicted octanol–water partition coefficient (Wildman–Crippen LogP) is 3.39. The van der Waals surface area contributed by atoms with Crippen LogP contribution in [0.3, 0.4) is 0 Å². The van der Waals surface area contributed by atoms with E-state index in [1.165, 1.54) is 0 Å². The number of carbonyl (C=O) groups is 3. The number of rotatable bonds is 2. The van der Waals surface area contributed by atoms with Crippen molar-refractivity contribution in [3.05, 3.63) is 0 Å². The number of alkyl carbamates (subject to hydrolysis) is 1. The Morgan fingerprint density at radius 3 is 2.50 bits per heavy atom. The standard InChI is InChI=1S/C27H42N2O5/c1-15-6-9-27-10-7-19(30)21(27)26(15,5)20(12-25(3,4)22(31)16(27)2)34-24(33)28-23(32)18-14-29-11-8-17(18)13-29/h15-18,20-22,31H,6-14H2,1-5H3,(H,28,32,33)/t15-,16+,17-,18+,20-,21?,22+,26+,27?/m1/s1. The minimum absolute atomic E-state index is 0.00471. The first-order valence-electron chi connectivity index (χ1n) is 13.3. The minimum atomic E-state index is -0.707. The van der Waals surface area contributed by atoms with Gasteiger partial charge >= 0.3 is 6.09 Å². The lowest BCUT2D eigenvalue weighted by molar-refractivity contribution is -0.195. The molecule has 2 aliphatic heterocycles. The van der Waals surface area contributed by atoms with Crippen LogP contribution in [0.2, 0.25) is 0 Å². The number of ether oxygens (including phenoxy) is 1. The number of hydrogen-bond donors (Lipinski definition) is 2. The summed E-state index contributed by atoms with van der Waals surface area (Å²) in [5.41, 5.74) is -1.29. The molecular weight excluding hydrogens is 432 g/mol. The monoisotopic (exact) mass is 474 g/mol. The fourth-order valence-corrected chi connectivity index (χ4v) is 8.91. The highest BCUT2D eigenvalue weighted by atomic mass is 16.6. The smallest absolute Gasteiger partial charge is 0.414 e. The van der Waals surface area contributed by atoms with Gasteiger partial charge in [-0.3, -0.25) is 14.9 Å². The molecule has 5 rings (SSSR count). The van der Waals surface area contributed by atoms with E-state index in [2.05, 4.69) is 31.0 Å². The first-order valence-corrected chi connectivity index (χ1v) is 13.3. The van der Waals surface area contributed by atoms with E-state index < -0.39 is 29.1 Å². The van der Waals surface area contributed by atoms with Gasteiger partial charge in [0.15, 0.2) is 0 Å². The van der Waals surface area contributed by atoms with Gasteiger partial charge in [-0.05, 0) is 67.2 Å². The van der Waals surface area contributed by atoms with Crippen LogP contribution in [0.5, 0.6) is 0 Å². The molecule has 5 fully saturated rings. The third-order valence-electron chi connectivity index (χ3n) is 11.2. The molecule has 3 saturated carbocycles. The van der Waals surface area contributed by atoms with Gasteiger partial charge in [-0.15, -0.1) is 0 Å². The highest BCUT2D eigenvalue weighted by Crippen LogP contribution is 2.67. The molecule has 34 heavy (non-hydrogen) atoms. The van der Waals surface area contributed by atoms with Gasteiger partial charge in [0.1, 0.15) is 11.9 Å². The number of nitrogens with one attached hydrogen (secondary N) is 1. The van der Waals surface area contributed by atoms with Crippen molar-refractivity contribution in [2.24, 2.45) is 45.8 Å². The van der Waals surface area contributed by atoms with Gasteiger partial charge in [0.05, 0.1) is 12.0 Å². The number of hydrogen-bond acceptors (Lipinski definition) is 6. The molecule has 5 aliphatic rings. The number of ketones is 1. The van der Waals surface area contributed by atoms with E-state index in [1.807, 2.05) is 13.8 Å². The molecule has 7 heteroatoms. The van der Waals surface area contributed by atoms with Crippen molar-refractivity contribution < 1.29 is 24.2 Å². The number of aliphatic hydroxyl groups is 1. The topological polar surface area (TPSA) is 95.9 Å². The van der Waals surface area contributed by atoms with Crippen LogP contribution >= 0.6 is 0 Å². The second-order valence-electron chi connectivity index (χ2n) is 13.2. The molecule has 3 unspecified atom stereocenters. The average molecular weight is 475 g/mol. The number of nitrogens with zero attached hydrogens (tertiary/aromatic N) is 1. The van der Waals surface area contributed by atoms with Crippen LogP contribution in [0, 0.1) is 45.8 Å². The summed E-state index contributed by atoms with van der Waals surface area (Å²) in [5.74, 6) is 0.102. The minimum Gasteiger partial charge on any atom is -0.445 e. The molecule has 2 heterocycles. The molecule has 2 N–H and O–H groups in total. The first-order chi connectivity index (χ1) is 15.9. The number of Topliss-reactive ketones (excluding diaryl/α,β-unsaturated/α-hetero) is 1. The molecule has 0 radical (unpaired) electrons. The van der Waals surface area contributed by atoms with Crippen molar-refractivity contribution in [3.8, 4) is 0 Å². The number of piperidine rings is 1. The largest absolute Gasteiger partial charge is 0.445 e. The summed E-state index contributed by atoms with van der Waals surface area (Å²) in [7, 11) is 0. The van der Waals surface area contributed by atoms with Gasteiger partial charge in [0.25, 0.3) is 0 Å². The fraction of sp³-hybridized carbons (Fsp3) is 0.889. The maximum Gasteiger partial charge on any atom is 0.414 e. The number of aliphatic hydroxyl groups excluding tert-OH is 1. The van der Waals surface area contributed by atoms with Crippen LogP contribution in [-0.4, -0.2) is 59.6 Å². The van der Waals surface area contributed by atoms with E-state index in [-0.39, 0.29) is 40.8 Å². The Kier molecular flexibility index (Phi) is 5.72. The highest BCUT2D eigenvalue weighted by molar-refractivity contribution is 5.93. The quantitative estimate of drug-likeness (QED) is 0.637. The molecular formula is C27H42N2O5. The van der Waals surface area contributed by atoms with Gasteiger partial charge in [-0.1, -0.05) is 34.6 Å². The SMILES string of the molecule is C[C@@H]1CCC23CCC(=O)C2[C@]1(C)[C@H](OC(=O)NC(=O)[C@H]1CN2CC[C@@H]1C2)CC(C)(C)[C@@H](O)[C@@H]3C. The lowest BCUT2D eigenvalue weighted by Crippen LogP contribution is -2.63. The summed E-state index contributed by atoms with van der Waals surface area (Å²) in [6.45, 7) is 13.2. The van der Waals surface area contributed by atoms with Crippen molar-refractivity contribution >= 4 is 17.8 Å². The second-order valence-corrected chi connectivity index (χ2v) is 13.2. The number of carbonyl (C=O) groups excluding carboxylic acids is 3. The summed E-state index contributed by atoms with van der Waals surface area (Å²) in [4.78, 5) is 41.7. The van der Waals surface area contributed by atoms with Crippen molar-refractivity contribution in [2.45, 2.75) is 85.4 Å². The van der Waals surface area contributed by atoms with E-state index >= 15 is 0 Å². The van der Waals surface area contributed by atoms with Gasteiger partial charge in [-0.25, -0.2) is 4.79 Å². The van der Waals surface area contributed by atoms with E-state index in [0.29, 0.717) is 25.3 Å². The van der Waals surface area contributed by atoms with Crippen molar-refractivity contribution in [2.75, 3.05) is 19.6 Å². The molecule has 2 amide bonds. The van der Waals surface area contributed by atoms with Crippen LogP contribution < -0.4 is 5.32 Å². The Morgan fingerprint density at radius 1 is 1.12 bits per heavy atom.